The molecule has 0 bridgehead atoms. The van der Waals surface area contributed by atoms with E-state index >= 15 is 0 Å². The molecular formula is C20H34N2O. The summed E-state index contributed by atoms with van der Waals surface area (Å²) in [6.45, 7) is 10.2. The van der Waals surface area contributed by atoms with Gasteiger partial charge in [0.15, 0.2) is 0 Å². The highest BCUT2D eigenvalue weighted by Gasteiger charge is 2.25. The Kier molecular flexibility index (Phi) is 7.07. The average Bonchev–Trinajstić information content (AvgIpc) is 2.53. The molecule has 0 saturated carbocycles. The van der Waals surface area contributed by atoms with E-state index in [1.54, 1.807) is 0 Å². The molecule has 2 rings (SSSR count). The summed E-state index contributed by atoms with van der Waals surface area (Å²) in [4.78, 5) is 5.04. The van der Waals surface area contributed by atoms with Gasteiger partial charge in [0.25, 0.3) is 0 Å². The predicted octanol–water partition coefficient (Wildman–Crippen LogP) is 2.89. The van der Waals surface area contributed by atoms with Crippen molar-refractivity contribution in [3.05, 3.63) is 35.9 Å². The van der Waals surface area contributed by atoms with Crippen molar-refractivity contribution in [1.82, 2.24) is 9.80 Å². The lowest BCUT2D eigenvalue weighted by Crippen LogP contribution is -2.44. The highest BCUT2D eigenvalue weighted by Crippen LogP contribution is 2.21. The molecule has 1 aliphatic heterocycles. The first-order chi connectivity index (χ1) is 11.0. The highest BCUT2D eigenvalue weighted by atomic mass is 16.3. The summed E-state index contributed by atoms with van der Waals surface area (Å²) in [5.41, 5.74) is 1.37. The molecule has 3 nitrogen and oxygen atoms in total. The Morgan fingerprint density at radius 1 is 1.26 bits per heavy atom. The molecule has 1 unspecified atom stereocenters. The number of aliphatic hydroxyl groups excluding tert-OH is 1. The van der Waals surface area contributed by atoms with E-state index in [1.807, 2.05) is 0 Å². The fraction of sp³-hybridized carbons (Fsp3) is 0.700. The number of benzene rings is 1. The van der Waals surface area contributed by atoms with E-state index in [9.17, 15) is 5.11 Å². The van der Waals surface area contributed by atoms with E-state index in [-0.39, 0.29) is 12.0 Å². The zero-order valence-electron chi connectivity index (χ0n) is 15.2. The van der Waals surface area contributed by atoms with Gasteiger partial charge in [0, 0.05) is 38.2 Å². The molecule has 1 atom stereocenters. The summed E-state index contributed by atoms with van der Waals surface area (Å²) in [7, 11) is 2.23. The molecular weight excluding hydrogens is 284 g/mol. The van der Waals surface area contributed by atoms with Gasteiger partial charge >= 0.3 is 0 Å². The monoisotopic (exact) mass is 318 g/mol. The molecule has 1 aromatic rings. The van der Waals surface area contributed by atoms with Gasteiger partial charge in [0.05, 0.1) is 0 Å². The van der Waals surface area contributed by atoms with Crippen LogP contribution in [0.1, 0.15) is 32.3 Å². The van der Waals surface area contributed by atoms with Crippen LogP contribution in [0.4, 0.5) is 0 Å². The van der Waals surface area contributed by atoms with Gasteiger partial charge in [0.1, 0.15) is 0 Å². The molecule has 1 aromatic carbocycles. The van der Waals surface area contributed by atoms with Crippen molar-refractivity contribution in [2.45, 2.75) is 33.1 Å². The van der Waals surface area contributed by atoms with Gasteiger partial charge in [-0.25, -0.2) is 0 Å². The number of aliphatic hydroxyl groups is 1. The molecule has 1 heterocycles. The minimum absolute atomic E-state index is 0.0305. The van der Waals surface area contributed by atoms with Crippen molar-refractivity contribution in [1.29, 1.82) is 0 Å². The maximum absolute atomic E-state index is 9.64. The van der Waals surface area contributed by atoms with E-state index in [4.69, 9.17) is 0 Å². The third-order valence-electron chi connectivity index (χ3n) is 4.88. The van der Waals surface area contributed by atoms with Crippen LogP contribution in [0.25, 0.3) is 0 Å². The lowest BCUT2D eigenvalue weighted by atomic mass is 9.92. The Labute approximate surface area is 142 Å². The van der Waals surface area contributed by atoms with Crippen molar-refractivity contribution in [2.75, 3.05) is 46.4 Å². The van der Waals surface area contributed by atoms with Crippen LogP contribution in [-0.2, 0) is 6.42 Å². The van der Waals surface area contributed by atoms with Crippen LogP contribution >= 0.6 is 0 Å². The van der Waals surface area contributed by atoms with E-state index in [0.717, 1.165) is 32.0 Å². The standard InChI is InChI=1S/C20H34N2O/c1-20(2,17-23)16-22(13-11-18-8-5-4-6-9-18)15-19-10-7-12-21(3)14-19/h4-6,8-9,19,23H,7,10-17H2,1-3H3. The zero-order valence-corrected chi connectivity index (χ0v) is 15.2. The lowest BCUT2D eigenvalue weighted by molar-refractivity contribution is 0.0815. The molecule has 0 radical (unpaired) electrons. The molecule has 1 saturated heterocycles. The Bertz CT molecular complexity index is 446. The molecule has 1 fully saturated rings. The van der Waals surface area contributed by atoms with Gasteiger partial charge in [-0.15, -0.1) is 0 Å². The summed E-state index contributed by atoms with van der Waals surface area (Å²) in [6.07, 6.45) is 3.74. The Morgan fingerprint density at radius 2 is 2.00 bits per heavy atom. The first-order valence-corrected chi connectivity index (χ1v) is 9.04. The van der Waals surface area contributed by atoms with Gasteiger partial charge in [-0.1, -0.05) is 44.2 Å². The summed E-state index contributed by atoms with van der Waals surface area (Å²) in [6, 6.07) is 10.7. The van der Waals surface area contributed by atoms with E-state index in [2.05, 4.69) is 61.0 Å². The molecule has 3 heteroatoms. The lowest BCUT2D eigenvalue weighted by Gasteiger charge is -2.37. The van der Waals surface area contributed by atoms with Crippen LogP contribution in [0.15, 0.2) is 30.3 Å². The van der Waals surface area contributed by atoms with Crippen LogP contribution in [-0.4, -0.2) is 61.3 Å². The van der Waals surface area contributed by atoms with Crippen molar-refractivity contribution in [3.63, 3.8) is 0 Å². The first-order valence-electron chi connectivity index (χ1n) is 9.04. The summed E-state index contributed by atoms with van der Waals surface area (Å²) >= 11 is 0. The van der Waals surface area contributed by atoms with Gasteiger partial charge in [-0.3, -0.25) is 0 Å². The second-order valence-corrected chi connectivity index (χ2v) is 8.06. The molecule has 0 aromatic heterocycles. The second-order valence-electron chi connectivity index (χ2n) is 8.06. The highest BCUT2D eigenvalue weighted by molar-refractivity contribution is 5.14. The van der Waals surface area contributed by atoms with Crippen molar-refractivity contribution < 1.29 is 5.11 Å². The SMILES string of the molecule is CN1CCCC(CN(CCc2ccccc2)CC(C)(C)CO)C1. The third-order valence-corrected chi connectivity index (χ3v) is 4.88. The molecule has 1 N–H and O–H groups in total. The normalized spacial score (nSPS) is 20.1. The number of likely N-dealkylation sites (tertiary alicyclic amines) is 1. The van der Waals surface area contributed by atoms with Crippen LogP contribution in [0.5, 0.6) is 0 Å². The minimum Gasteiger partial charge on any atom is -0.396 e. The van der Waals surface area contributed by atoms with Gasteiger partial charge in [-0.2, -0.15) is 0 Å². The Morgan fingerprint density at radius 3 is 2.65 bits per heavy atom. The van der Waals surface area contributed by atoms with Crippen molar-refractivity contribution in [3.8, 4) is 0 Å². The molecule has 0 spiro atoms. The quantitative estimate of drug-likeness (QED) is 0.798. The minimum atomic E-state index is -0.0305. The molecule has 130 valence electrons. The third kappa shape index (κ3) is 6.62. The van der Waals surface area contributed by atoms with Crippen LogP contribution in [0, 0.1) is 11.3 Å². The van der Waals surface area contributed by atoms with Gasteiger partial charge < -0.3 is 14.9 Å². The maximum Gasteiger partial charge on any atom is 0.0494 e. The number of hydrogen-bond acceptors (Lipinski definition) is 3. The zero-order chi connectivity index (χ0) is 16.7. The smallest absolute Gasteiger partial charge is 0.0494 e. The maximum atomic E-state index is 9.64. The Hall–Kier alpha value is -0.900. The van der Waals surface area contributed by atoms with E-state index in [0.29, 0.717) is 0 Å². The number of rotatable bonds is 8. The molecule has 0 amide bonds. The molecule has 23 heavy (non-hydrogen) atoms. The van der Waals surface area contributed by atoms with Gasteiger partial charge in [-0.05, 0) is 44.3 Å². The summed E-state index contributed by atoms with van der Waals surface area (Å²) in [5, 5.41) is 9.64. The first kappa shape index (κ1) is 18.4. The largest absolute Gasteiger partial charge is 0.396 e. The van der Waals surface area contributed by atoms with Crippen LogP contribution in [0.3, 0.4) is 0 Å². The summed E-state index contributed by atoms with van der Waals surface area (Å²) in [5.74, 6) is 0.763. The molecule has 1 aliphatic rings. The van der Waals surface area contributed by atoms with Crippen LogP contribution in [0.2, 0.25) is 0 Å². The second kappa shape index (κ2) is 8.81. The van der Waals surface area contributed by atoms with Crippen molar-refractivity contribution >= 4 is 0 Å². The van der Waals surface area contributed by atoms with Crippen LogP contribution < -0.4 is 0 Å². The van der Waals surface area contributed by atoms with E-state index < -0.39 is 0 Å². The number of piperidine rings is 1. The molecule has 0 aliphatic carbocycles. The fourth-order valence-corrected chi connectivity index (χ4v) is 3.61. The topological polar surface area (TPSA) is 26.7 Å². The number of nitrogens with zero attached hydrogens (tertiary/aromatic N) is 2. The van der Waals surface area contributed by atoms with Gasteiger partial charge in [0.2, 0.25) is 0 Å². The van der Waals surface area contributed by atoms with E-state index in [1.165, 1.54) is 31.5 Å². The summed E-state index contributed by atoms with van der Waals surface area (Å²) < 4.78 is 0. The Balaban J connectivity index is 1.93. The fourth-order valence-electron chi connectivity index (χ4n) is 3.61. The average molecular weight is 319 g/mol. The predicted molar refractivity (Wildman–Crippen MR) is 97.7 cm³/mol. The van der Waals surface area contributed by atoms with Crippen molar-refractivity contribution in [2.24, 2.45) is 11.3 Å². The number of hydrogen-bond donors (Lipinski definition) is 1.